The van der Waals surface area contributed by atoms with Gasteiger partial charge in [0.15, 0.2) is 0 Å². The van der Waals surface area contributed by atoms with Gasteiger partial charge in [0.05, 0.1) is 11.1 Å². The highest BCUT2D eigenvalue weighted by molar-refractivity contribution is 5.83. The molecule has 0 atom stereocenters. The zero-order valence-electron chi connectivity index (χ0n) is 12.9. The Morgan fingerprint density at radius 3 is 2.50 bits per heavy atom. The van der Waals surface area contributed by atoms with Crippen LogP contribution in [0.15, 0.2) is 30.3 Å². The van der Waals surface area contributed by atoms with Crippen molar-refractivity contribution in [3.63, 3.8) is 0 Å². The third kappa shape index (κ3) is 2.23. The number of nitrogens with one attached hydrogen (secondary N) is 1. The molecule has 0 aromatic heterocycles. The maximum absolute atomic E-state index is 12.0. The third-order valence-corrected chi connectivity index (χ3v) is 4.91. The molecule has 0 unspecified atom stereocenters. The first-order valence-corrected chi connectivity index (χ1v) is 7.39. The van der Waals surface area contributed by atoms with Crippen molar-refractivity contribution in [2.45, 2.75) is 23.9 Å². The molecule has 2 N–H and O–H groups in total. The Morgan fingerprint density at radius 1 is 1.32 bits per heavy atom. The average Bonchev–Trinajstić information content (AvgIpc) is 2.73. The van der Waals surface area contributed by atoms with Gasteiger partial charge in [0.25, 0.3) is 0 Å². The number of carbonyl (C=O) groups is 2. The molecule has 2 amide bonds. The molecule has 2 aliphatic rings. The Balaban J connectivity index is 1.79. The van der Waals surface area contributed by atoms with E-state index in [1.807, 2.05) is 32.3 Å². The SMILES string of the molecule is CN(C)[C@]1(c2ccccc2)C[C@@]2(CN(CC(=O)O)C(=O)N2)C1. The molecule has 1 aliphatic heterocycles. The van der Waals surface area contributed by atoms with E-state index in [1.54, 1.807) is 0 Å². The molecule has 3 rings (SSSR count). The summed E-state index contributed by atoms with van der Waals surface area (Å²) in [5.41, 5.74) is 0.817. The van der Waals surface area contributed by atoms with Crippen LogP contribution in [0, 0.1) is 0 Å². The van der Waals surface area contributed by atoms with Crippen LogP contribution in [0.25, 0.3) is 0 Å². The minimum Gasteiger partial charge on any atom is -0.480 e. The summed E-state index contributed by atoms with van der Waals surface area (Å²) in [5, 5.41) is 11.9. The molecule has 1 aliphatic carbocycles. The molecule has 1 heterocycles. The fraction of sp³-hybridized carbons (Fsp3) is 0.500. The number of hydrogen-bond acceptors (Lipinski definition) is 3. The van der Waals surface area contributed by atoms with Gasteiger partial charge in [-0.1, -0.05) is 30.3 Å². The molecule has 6 heteroatoms. The van der Waals surface area contributed by atoms with Gasteiger partial charge < -0.3 is 15.3 Å². The first-order chi connectivity index (χ1) is 10.4. The van der Waals surface area contributed by atoms with Crippen molar-refractivity contribution in [1.82, 2.24) is 15.1 Å². The molecule has 0 bridgehead atoms. The van der Waals surface area contributed by atoms with Crippen LogP contribution in [0.2, 0.25) is 0 Å². The Kier molecular flexibility index (Phi) is 3.36. The lowest BCUT2D eigenvalue weighted by molar-refractivity contribution is -0.137. The van der Waals surface area contributed by atoms with Crippen LogP contribution in [0.4, 0.5) is 4.79 Å². The maximum atomic E-state index is 12.0. The number of nitrogens with zero attached hydrogens (tertiary/aromatic N) is 2. The van der Waals surface area contributed by atoms with Gasteiger partial charge in [0, 0.05) is 6.54 Å². The second-order valence-corrected chi connectivity index (χ2v) is 6.61. The Bertz CT molecular complexity index is 594. The Hall–Kier alpha value is -2.08. The van der Waals surface area contributed by atoms with Crippen LogP contribution >= 0.6 is 0 Å². The van der Waals surface area contributed by atoms with E-state index in [0.29, 0.717) is 6.54 Å². The van der Waals surface area contributed by atoms with E-state index in [2.05, 4.69) is 22.3 Å². The highest BCUT2D eigenvalue weighted by atomic mass is 16.4. The first kappa shape index (κ1) is 14.8. The monoisotopic (exact) mass is 303 g/mol. The molecule has 0 radical (unpaired) electrons. The quantitative estimate of drug-likeness (QED) is 0.873. The molecule has 1 aromatic rings. The summed E-state index contributed by atoms with van der Waals surface area (Å²) in [6.45, 7) is 0.217. The zero-order valence-corrected chi connectivity index (χ0v) is 12.9. The summed E-state index contributed by atoms with van der Waals surface area (Å²) in [6.07, 6.45) is 1.58. The summed E-state index contributed by atoms with van der Waals surface area (Å²) >= 11 is 0. The van der Waals surface area contributed by atoms with Gasteiger partial charge in [-0.2, -0.15) is 0 Å². The van der Waals surface area contributed by atoms with Gasteiger partial charge >= 0.3 is 12.0 Å². The van der Waals surface area contributed by atoms with Gasteiger partial charge in [-0.05, 0) is 32.5 Å². The zero-order chi connectivity index (χ0) is 16.0. The number of carbonyl (C=O) groups excluding carboxylic acids is 1. The van der Waals surface area contributed by atoms with Crippen LogP contribution in [-0.2, 0) is 10.3 Å². The van der Waals surface area contributed by atoms with Crippen LogP contribution in [-0.4, -0.2) is 59.6 Å². The number of aliphatic carboxylic acids is 1. The van der Waals surface area contributed by atoms with E-state index in [-0.39, 0.29) is 23.7 Å². The molecule has 2 fully saturated rings. The van der Waals surface area contributed by atoms with Gasteiger partial charge in [-0.15, -0.1) is 0 Å². The summed E-state index contributed by atoms with van der Waals surface area (Å²) in [5.74, 6) is -0.978. The van der Waals surface area contributed by atoms with Crippen LogP contribution < -0.4 is 5.32 Å². The molecule has 1 saturated carbocycles. The smallest absolute Gasteiger partial charge is 0.323 e. The van der Waals surface area contributed by atoms with Gasteiger partial charge in [-0.3, -0.25) is 9.69 Å². The molecule has 6 nitrogen and oxygen atoms in total. The van der Waals surface area contributed by atoms with Crippen molar-refractivity contribution < 1.29 is 14.7 Å². The van der Waals surface area contributed by atoms with E-state index in [1.165, 1.54) is 10.5 Å². The number of carboxylic acids is 1. The number of rotatable bonds is 4. The molecule has 1 spiro atoms. The molecular weight excluding hydrogens is 282 g/mol. The number of hydrogen-bond donors (Lipinski definition) is 2. The summed E-state index contributed by atoms with van der Waals surface area (Å²) in [6, 6.07) is 9.98. The average molecular weight is 303 g/mol. The molecule has 1 saturated heterocycles. The van der Waals surface area contributed by atoms with Gasteiger partial charge in [-0.25, -0.2) is 4.79 Å². The number of carboxylic acid groups (broad SMARTS) is 1. The normalized spacial score (nSPS) is 30.5. The summed E-state index contributed by atoms with van der Waals surface area (Å²) < 4.78 is 0. The summed E-state index contributed by atoms with van der Waals surface area (Å²) in [7, 11) is 4.09. The third-order valence-electron chi connectivity index (χ3n) is 4.91. The second kappa shape index (κ2) is 4.98. The molecular formula is C16H21N3O3. The van der Waals surface area contributed by atoms with Crippen molar-refractivity contribution in [2.24, 2.45) is 0 Å². The lowest BCUT2D eigenvalue weighted by atomic mass is 9.59. The van der Waals surface area contributed by atoms with Crippen LogP contribution in [0.3, 0.4) is 0 Å². The predicted octanol–water partition coefficient (Wildman–Crippen LogP) is 1.09. The molecule has 1 aromatic carbocycles. The highest BCUT2D eigenvalue weighted by Crippen LogP contribution is 2.53. The van der Waals surface area contributed by atoms with Crippen molar-refractivity contribution in [2.75, 3.05) is 27.2 Å². The van der Waals surface area contributed by atoms with Crippen LogP contribution in [0.5, 0.6) is 0 Å². The van der Waals surface area contributed by atoms with Crippen molar-refractivity contribution in [3.8, 4) is 0 Å². The van der Waals surface area contributed by atoms with E-state index in [9.17, 15) is 9.59 Å². The predicted molar refractivity (Wildman–Crippen MR) is 81.5 cm³/mol. The van der Waals surface area contributed by atoms with E-state index < -0.39 is 5.97 Å². The summed E-state index contributed by atoms with van der Waals surface area (Å²) in [4.78, 5) is 26.4. The van der Waals surface area contributed by atoms with Gasteiger partial charge in [0.1, 0.15) is 6.54 Å². The van der Waals surface area contributed by atoms with Crippen LogP contribution in [0.1, 0.15) is 18.4 Å². The van der Waals surface area contributed by atoms with Crippen molar-refractivity contribution >= 4 is 12.0 Å². The number of benzene rings is 1. The minimum absolute atomic E-state index is 0.103. The van der Waals surface area contributed by atoms with E-state index in [0.717, 1.165) is 12.8 Å². The highest BCUT2D eigenvalue weighted by Gasteiger charge is 2.60. The first-order valence-electron chi connectivity index (χ1n) is 7.39. The Morgan fingerprint density at radius 2 is 1.95 bits per heavy atom. The van der Waals surface area contributed by atoms with Gasteiger partial charge in [0.2, 0.25) is 0 Å². The lowest BCUT2D eigenvalue weighted by Crippen LogP contribution is -2.66. The van der Waals surface area contributed by atoms with Crippen molar-refractivity contribution in [3.05, 3.63) is 35.9 Å². The fourth-order valence-corrected chi connectivity index (χ4v) is 3.87. The Labute approximate surface area is 129 Å². The number of amides is 2. The largest absolute Gasteiger partial charge is 0.480 e. The molecule has 118 valence electrons. The second-order valence-electron chi connectivity index (χ2n) is 6.61. The van der Waals surface area contributed by atoms with Crippen molar-refractivity contribution in [1.29, 1.82) is 0 Å². The van der Waals surface area contributed by atoms with E-state index >= 15 is 0 Å². The topological polar surface area (TPSA) is 72.9 Å². The fourth-order valence-electron chi connectivity index (χ4n) is 3.87. The lowest BCUT2D eigenvalue weighted by Gasteiger charge is -2.57. The standard InChI is InChI=1S/C16H21N3O3/c1-18(2)16(12-6-4-3-5-7-12)9-15(10-16)11-19(8-13(20)21)14(22)17-15/h3-7H,8-11H2,1-2H3,(H,17,22)(H,20,21)/t15-,16+. The number of urea groups is 1. The minimum atomic E-state index is -0.978. The maximum Gasteiger partial charge on any atom is 0.323 e. The molecule has 22 heavy (non-hydrogen) atoms. The van der Waals surface area contributed by atoms with E-state index in [4.69, 9.17) is 5.11 Å².